The van der Waals surface area contributed by atoms with Gasteiger partial charge < -0.3 is 5.32 Å². The van der Waals surface area contributed by atoms with Gasteiger partial charge in [-0.3, -0.25) is 4.79 Å². The first-order valence-electron chi connectivity index (χ1n) is 9.31. The van der Waals surface area contributed by atoms with Gasteiger partial charge in [0.05, 0.1) is 5.75 Å². The molecule has 6 heteroatoms. The van der Waals surface area contributed by atoms with Crippen molar-refractivity contribution in [1.29, 1.82) is 0 Å². The van der Waals surface area contributed by atoms with Crippen LogP contribution in [0.2, 0.25) is 0 Å². The first-order valence-corrected chi connectivity index (χ1v) is 11.1. The Kier molecular flexibility index (Phi) is 5.00. The summed E-state index contributed by atoms with van der Waals surface area (Å²) in [6.07, 6.45) is 8.24. The largest absolute Gasteiger partial charge is 0.353 e. The molecule has 2 heterocycles. The highest BCUT2D eigenvalue weighted by molar-refractivity contribution is 8.00. The van der Waals surface area contributed by atoms with Crippen molar-refractivity contribution in [2.45, 2.75) is 69.9 Å². The van der Waals surface area contributed by atoms with E-state index in [9.17, 15) is 4.79 Å². The highest BCUT2D eigenvalue weighted by Gasteiger charge is 2.24. The van der Waals surface area contributed by atoms with Crippen LogP contribution in [0.25, 0.3) is 10.2 Å². The maximum Gasteiger partial charge on any atom is 0.230 e. The van der Waals surface area contributed by atoms with Crippen LogP contribution >= 0.6 is 23.1 Å². The van der Waals surface area contributed by atoms with Crippen molar-refractivity contribution in [3.8, 4) is 0 Å². The second-order valence-corrected chi connectivity index (χ2v) is 9.49. The van der Waals surface area contributed by atoms with Crippen LogP contribution in [0.4, 0.5) is 0 Å². The molecule has 0 radical (unpaired) electrons. The van der Waals surface area contributed by atoms with Crippen molar-refractivity contribution in [3.05, 3.63) is 16.3 Å². The summed E-state index contributed by atoms with van der Waals surface area (Å²) >= 11 is 3.40. The third-order valence-corrected chi connectivity index (χ3v) is 7.42. The fourth-order valence-electron chi connectivity index (χ4n) is 3.99. The summed E-state index contributed by atoms with van der Waals surface area (Å²) < 4.78 is 0. The zero-order chi connectivity index (χ0) is 17.4. The average molecular weight is 376 g/mol. The second-order valence-electron chi connectivity index (χ2n) is 7.45. The molecule has 0 aliphatic heterocycles. The Balaban J connectivity index is 1.55. The summed E-state index contributed by atoms with van der Waals surface area (Å²) in [6.45, 7) is 4.27. The highest BCUT2D eigenvalue weighted by atomic mass is 32.2. The van der Waals surface area contributed by atoms with Gasteiger partial charge in [0.1, 0.15) is 15.7 Å². The van der Waals surface area contributed by atoms with Crippen molar-refractivity contribution in [2.24, 2.45) is 5.92 Å². The lowest BCUT2D eigenvalue weighted by Crippen LogP contribution is -2.33. The molecule has 1 amide bonds. The van der Waals surface area contributed by atoms with E-state index in [0.717, 1.165) is 47.3 Å². The van der Waals surface area contributed by atoms with Gasteiger partial charge in [-0.2, -0.15) is 0 Å². The van der Waals surface area contributed by atoms with Gasteiger partial charge in [-0.05, 0) is 50.5 Å². The molecule has 2 aromatic heterocycles. The monoisotopic (exact) mass is 375 g/mol. The molecule has 0 bridgehead atoms. The zero-order valence-electron chi connectivity index (χ0n) is 14.9. The molecule has 0 spiro atoms. The van der Waals surface area contributed by atoms with Crippen LogP contribution in [-0.2, 0) is 17.6 Å². The molecule has 0 saturated heterocycles. The van der Waals surface area contributed by atoms with E-state index < -0.39 is 0 Å². The van der Waals surface area contributed by atoms with Crippen molar-refractivity contribution in [3.63, 3.8) is 0 Å². The predicted octanol–water partition coefficient (Wildman–Crippen LogP) is 4.28. The van der Waals surface area contributed by atoms with Gasteiger partial charge in [0, 0.05) is 16.3 Å². The predicted molar refractivity (Wildman–Crippen MR) is 104 cm³/mol. The topological polar surface area (TPSA) is 54.9 Å². The zero-order valence-corrected chi connectivity index (χ0v) is 16.6. The van der Waals surface area contributed by atoms with Crippen LogP contribution in [0.1, 0.15) is 55.3 Å². The molecule has 0 aromatic carbocycles. The number of carbonyl (C=O) groups is 1. The number of aryl methyl sites for hydroxylation is 2. The molecule has 1 atom stereocenters. The molecule has 1 unspecified atom stereocenters. The number of hydrogen-bond donors (Lipinski definition) is 1. The van der Waals surface area contributed by atoms with Gasteiger partial charge in [-0.15, -0.1) is 11.3 Å². The summed E-state index contributed by atoms with van der Waals surface area (Å²) in [7, 11) is 0. The van der Waals surface area contributed by atoms with Crippen molar-refractivity contribution in [2.75, 3.05) is 5.75 Å². The second kappa shape index (κ2) is 7.23. The van der Waals surface area contributed by atoms with Crippen molar-refractivity contribution >= 4 is 39.2 Å². The summed E-state index contributed by atoms with van der Waals surface area (Å²) in [5.41, 5.74) is 1.44. The number of thiophene rings is 1. The fourth-order valence-corrected chi connectivity index (χ4v) is 6.39. The third kappa shape index (κ3) is 3.70. The van der Waals surface area contributed by atoms with Gasteiger partial charge in [-0.25, -0.2) is 9.97 Å². The molecule has 4 nitrogen and oxygen atoms in total. The van der Waals surface area contributed by atoms with Gasteiger partial charge in [0.25, 0.3) is 0 Å². The first kappa shape index (κ1) is 17.3. The summed E-state index contributed by atoms with van der Waals surface area (Å²) in [4.78, 5) is 24.2. The first-order chi connectivity index (χ1) is 12.1. The number of thioether (sulfide) groups is 1. The van der Waals surface area contributed by atoms with E-state index in [2.05, 4.69) is 22.2 Å². The van der Waals surface area contributed by atoms with Crippen LogP contribution in [0, 0.1) is 12.8 Å². The minimum Gasteiger partial charge on any atom is -0.353 e. The van der Waals surface area contributed by atoms with Crippen LogP contribution in [0.5, 0.6) is 0 Å². The Morgan fingerprint density at radius 3 is 2.88 bits per heavy atom. The summed E-state index contributed by atoms with van der Waals surface area (Å²) in [5, 5.41) is 5.39. The Morgan fingerprint density at radius 1 is 1.28 bits per heavy atom. The minimum absolute atomic E-state index is 0.138. The van der Waals surface area contributed by atoms with Gasteiger partial charge >= 0.3 is 0 Å². The van der Waals surface area contributed by atoms with E-state index in [1.165, 1.54) is 35.1 Å². The standard InChI is InChI=1S/C19H25N3OS2/c1-11-7-8-14-15(9-11)25-19-17(14)18(20-12(2)21-19)24-10-16(23)22-13-5-3-4-6-13/h11,13H,3-10H2,1-2H3,(H,22,23). The molecular weight excluding hydrogens is 350 g/mol. The van der Waals surface area contributed by atoms with E-state index in [1.807, 2.05) is 18.3 Å². The molecule has 2 aromatic rings. The molecule has 1 saturated carbocycles. The molecule has 1 fully saturated rings. The third-order valence-electron chi connectivity index (χ3n) is 5.29. The number of nitrogens with one attached hydrogen (secondary N) is 1. The average Bonchev–Trinajstić information content (AvgIpc) is 3.18. The molecule has 134 valence electrons. The Hall–Kier alpha value is -1.14. The number of carbonyl (C=O) groups excluding carboxylic acids is 1. The number of rotatable bonds is 4. The van der Waals surface area contributed by atoms with Crippen LogP contribution < -0.4 is 5.32 Å². The minimum atomic E-state index is 0.138. The quantitative estimate of drug-likeness (QED) is 0.640. The van der Waals surface area contributed by atoms with Gasteiger partial charge in [0.2, 0.25) is 5.91 Å². The molecule has 2 aliphatic carbocycles. The molecule has 2 aliphatic rings. The lowest BCUT2D eigenvalue weighted by Gasteiger charge is -2.18. The van der Waals surface area contributed by atoms with E-state index in [0.29, 0.717) is 11.8 Å². The molecule has 4 rings (SSSR count). The lowest BCUT2D eigenvalue weighted by atomic mass is 9.89. The Labute approximate surface area is 157 Å². The summed E-state index contributed by atoms with van der Waals surface area (Å²) in [6, 6.07) is 0.385. The number of fused-ring (bicyclic) bond motifs is 3. The van der Waals surface area contributed by atoms with Crippen molar-refractivity contribution in [1.82, 2.24) is 15.3 Å². The number of hydrogen-bond acceptors (Lipinski definition) is 5. The molecule has 25 heavy (non-hydrogen) atoms. The molecular formula is C19H25N3OS2. The number of amides is 1. The van der Waals surface area contributed by atoms with Gasteiger partial charge in [0.15, 0.2) is 0 Å². The normalized spacial score (nSPS) is 20.8. The number of nitrogens with zero attached hydrogens (tertiary/aromatic N) is 2. The fraction of sp³-hybridized carbons (Fsp3) is 0.632. The van der Waals surface area contributed by atoms with E-state index >= 15 is 0 Å². The van der Waals surface area contributed by atoms with Crippen LogP contribution in [0.3, 0.4) is 0 Å². The maximum absolute atomic E-state index is 12.3. The van der Waals surface area contributed by atoms with E-state index in [1.54, 1.807) is 11.8 Å². The van der Waals surface area contributed by atoms with Gasteiger partial charge in [-0.1, -0.05) is 31.5 Å². The Bertz CT molecular complexity index is 796. The highest BCUT2D eigenvalue weighted by Crippen LogP contribution is 2.40. The lowest BCUT2D eigenvalue weighted by molar-refractivity contribution is -0.119. The summed E-state index contributed by atoms with van der Waals surface area (Å²) in [5.74, 6) is 2.14. The van der Waals surface area contributed by atoms with E-state index in [4.69, 9.17) is 0 Å². The number of aromatic nitrogens is 2. The van der Waals surface area contributed by atoms with Crippen LogP contribution in [-0.4, -0.2) is 27.7 Å². The molecule has 1 N–H and O–H groups in total. The smallest absolute Gasteiger partial charge is 0.230 e. The SMILES string of the molecule is Cc1nc(SCC(=O)NC2CCCC2)c2c3c(sc2n1)CC(C)CC3. The van der Waals surface area contributed by atoms with Crippen LogP contribution in [0.15, 0.2) is 5.03 Å². The van der Waals surface area contributed by atoms with E-state index in [-0.39, 0.29) is 5.91 Å². The Morgan fingerprint density at radius 2 is 2.08 bits per heavy atom. The maximum atomic E-state index is 12.3. The van der Waals surface area contributed by atoms with Crippen molar-refractivity contribution < 1.29 is 4.79 Å².